The number of nitrogens with one attached hydrogen (secondary N) is 1. The molecule has 0 bridgehead atoms. The van der Waals surface area contributed by atoms with Crippen LogP contribution in [0.25, 0.3) is 6.08 Å². The summed E-state index contributed by atoms with van der Waals surface area (Å²) >= 11 is 18.0. The van der Waals surface area contributed by atoms with E-state index in [-0.39, 0.29) is 28.0 Å². The maximum absolute atomic E-state index is 13.0. The molecule has 1 saturated heterocycles. The van der Waals surface area contributed by atoms with E-state index in [1.807, 2.05) is 0 Å². The Labute approximate surface area is 225 Å². The average Bonchev–Trinajstić information content (AvgIpc) is 3.07. The predicted octanol–water partition coefficient (Wildman–Crippen LogP) is 4.53. The van der Waals surface area contributed by atoms with E-state index >= 15 is 0 Å². The van der Waals surface area contributed by atoms with Gasteiger partial charge in [0.1, 0.15) is 16.1 Å². The van der Waals surface area contributed by atoms with Crippen molar-refractivity contribution in [1.29, 1.82) is 0 Å². The van der Waals surface area contributed by atoms with Crippen LogP contribution in [0.5, 0.6) is 5.75 Å². The van der Waals surface area contributed by atoms with Gasteiger partial charge in [-0.3, -0.25) is 19.3 Å². The molecule has 13 heteroatoms. The molecule has 1 atom stereocenters. The number of thiocarbonyl (C=S) groups is 1. The van der Waals surface area contributed by atoms with E-state index in [4.69, 9.17) is 45.3 Å². The van der Waals surface area contributed by atoms with Crippen LogP contribution in [-0.2, 0) is 19.2 Å². The van der Waals surface area contributed by atoms with Crippen LogP contribution in [0.4, 0.5) is 5.69 Å². The lowest BCUT2D eigenvalue weighted by molar-refractivity contribution is -0.146. The van der Waals surface area contributed by atoms with Crippen molar-refractivity contribution in [1.82, 2.24) is 4.90 Å². The summed E-state index contributed by atoms with van der Waals surface area (Å²) in [6, 6.07) is 9.68. The first-order valence-corrected chi connectivity index (χ1v) is 12.2. The van der Waals surface area contributed by atoms with Crippen LogP contribution < -0.4 is 10.1 Å². The second kappa shape index (κ2) is 12.2. The number of carbonyl (C=O) groups is 4. The number of thioether (sulfide) groups is 1. The van der Waals surface area contributed by atoms with Gasteiger partial charge in [-0.1, -0.05) is 47.2 Å². The lowest BCUT2D eigenvalue weighted by atomic mass is 10.1. The van der Waals surface area contributed by atoms with Gasteiger partial charge >= 0.3 is 11.9 Å². The second-order valence-electron chi connectivity index (χ2n) is 7.36. The number of halogens is 2. The van der Waals surface area contributed by atoms with E-state index < -0.39 is 36.2 Å². The number of anilines is 1. The van der Waals surface area contributed by atoms with Gasteiger partial charge in [0.05, 0.1) is 4.91 Å². The molecule has 0 spiro atoms. The third-order valence-corrected chi connectivity index (χ3v) is 6.61. The molecule has 0 saturated carbocycles. The predicted molar refractivity (Wildman–Crippen MR) is 140 cm³/mol. The maximum Gasteiger partial charge on any atom is 0.326 e. The van der Waals surface area contributed by atoms with Crippen LogP contribution in [0.15, 0.2) is 47.4 Å². The maximum atomic E-state index is 13.0. The van der Waals surface area contributed by atoms with Gasteiger partial charge in [0.2, 0.25) is 0 Å². The van der Waals surface area contributed by atoms with Crippen LogP contribution in [0.1, 0.15) is 18.4 Å². The van der Waals surface area contributed by atoms with Crippen molar-refractivity contribution in [2.24, 2.45) is 0 Å². The van der Waals surface area contributed by atoms with Gasteiger partial charge < -0.3 is 20.3 Å². The fourth-order valence-electron chi connectivity index (χ4n) is 3.15. The fraction of sp³-hybridized carbons (Fsp3) is 0.174. The molecule has 0 aliphatic carbocycles. The molecule has 0 radical (unpaired) electrons. The summed E-state index contributed by atoms with van der Waals surface area (Å²) in [5, 5.41) is 21.9. The zero-order valence-corrected chi connectivity index (χ0v) is 21.4. The number of rotatable bonds is 10. The lowest BCUT2D eigenvalue weighted by Crippen LogP contribution is -2.44. The summed E-state index contributed by atoms with van der Waals surface area (Å²) in [6.07, 6.45) is 0.670. The molecule has 2 aromatic rings. The number of amides is 2. The average molecular weight is 569 g/mol. The van der Waals surface area contributed by atoms with E-state index in [0.29, 0.717) is 21.3 Å². The number of hydrogen-bond donors (Lipinski definition) is 3. The Kier molecular flexibility index (Phi) is 9.32. The number of nitrogens with zero attached hydrogens (tertiary/aromatic N) is 1. The first kappa shape index (κ1) is 27.5. The molecule has 1 fully saturated rings. The molecule has 1 heterocycles. The van der Waals surface area contributed by atoms with Gasteiger partial charge in [0.25, 0.3) is 11.8 Å². The van der Waals surface area contributed by atoms with Gasteiger partial charge in [0.15, 0.2) is 6.61 Å². The molecule has 36 heavy (non-hydrogen) atoms. The monoisotopic (exact) mass is 568 g/mol. The number of ether oxygens (including phenoxy) is 1. The first-order valence-electron chi connectivity index (χ1n) is 10.2. The lowest BCUT2D eigenvalue weighted by Gasteiger charge is -2.22. The highest BCUT2D eigenvalue weighted by Gasteiger charge is 2.40. The van der Waals surface area contributed by atoms with Crippen molar-refractivity contribution in [3.8, 4) is 5.75 Å². The van der Waals surface area contributed by atoms with Crippen LogP contribution in [0.2, 0.25) is 10.0 Å². The Hall–Kier alpha value is -3.12. The standard InChI is InChI=1S/C23H18Cl2N2O7S2/c24-13-1-4-15(5-2-13)26-19(28)11-34-17-7-3-14(25)9-12(17)10-18-21(31)27(23(35)36-18)16(22(32)33)6-8-20(29)30/h1-5,7,9-10,16H,6,8,11H2,(H,26,28)(H,29,30)(H,32,33)/b18-10-. The van der Waals surface area contributed by atoms with Gasteiger partial charge in [0, 0.05) is 27.7 Å². The Morgan fingerprint density at radius 3 is 2.42 bits per heavy atom. The van der Waals surface area contributed by atoms with E-state index in [9.17, 15) is 24.3 Å². The summed E-state index contributed by atoms with van der Waals surface area (Å²) in [4.78, 5) is 48.9. The van der Waals surface area contributed by atoms with E-state index in [0.717, 1.165) is 16.7 Å². The summed E-state index contributed by atoms with van der Waals surface area (Å²) in [5.74, 6) is -3.44. The van der Waals surface area contributed by atoms with Gasteiger partial charge in [-0.25, -0.2) is 4.79 Å². The summed E-state index contributed by atoms with van der Waals surface area (Å²) in [5.41, 5.74) is 0.892. The topological polar surface area (TPSA) is 133 Å². The van der Waals surface area contributed by atoms with Crippen LogP contribution in [-0.4, -0.2) is 55.8 Å². The normalized spacial score (nSPS) is 15.2. The summed E-state index contributed by atoms with van der Waals surface area (Å²) in [6.45, 7) is -0.345. The second-order valence-corrected chi connectivity index (χ2v) is 9.91. The highest BCUT2D eigenvalue weighted by Crippen LogP contribution is 2.37. The number of carbonyl (C=O) groups excluding carboxylic acids is 2. The molecule has 2 aromatic carbocycles. The molecule has 1 unspecified atom stereocenters. The molecular weight excluding hydrogens is 551 g/mol. The molecule has 1 aliphatic heterocycles. The molecule has 9 nitrogen and oxygen atoms in total. The smallest absolute Gasteiger partial charge is 0.326 e. The molecule has 1 aliphatic rings. The SMILES string of the molecule is O=C(O)CCC(C(=O)O)N1C(=O)/C(=C/c2cc(Cl)ccc2OCC(=O)Nc2ccc(Cl)cc2)SC1=S. The number of carboxylic acid groups (broad SMARTS) is 2. The van der Waals surface area contributed by atoms with Crippen molar-refractivity contribution < 1.29 is 34.1 Å². The quantitative estimate of drug-likeness (QED) is 0.279. The molecule has 188 valence electrons. The Balaban J connectivity index is 1.77. The largest absolute Gasteiger partial charge is 0.483 e. The van der Waals surface area contributed by atoms with E-state index in [1.54, 1.807) is 30.3 Å². The van der Waals surface area contributed by atoms with Crippen molar-refractivity contribution in [3.05, 3.63) is 63.0 Å². The number of aliphatic carboxylic acids is 2. The highest BCUT2D eigenvalue weighted by atomic mass is 35.5. The van der Waals surface area contributed by atoms with Crippen LogP contribution >= 0.6 is 47.2 Å². The third-order valence-electron chi connectivity index (χ3n) is 4.80. The Bertz CT molecular complexity index is 1250. The number of carboxylic acids is 2. The Morgan fingerprint density at radius 2 is 1.78 bits per heavy atom. The number of hydrogen-bond acceptors (Lipinski definition) is 7. The van der Waals surface area contributed by atoms with Crippen molar-refractivity contribution in [3.63, 3.8) is 0 Å². The molecule has 3 rings (SSSR count). The van der Waals surface area contributed by atoms with Crippen molar-refractivity contribution >= 4 is 87.0 Å². The van der Waals surface area contributed by atoms with Crippen molar-refractivity contribution in [2.75, 3.05) is 11.9 Å². The minimum Gasteiger partial charge on any atom is -0.483 e. The van der Waals surface area contributed by atoms with Crippen molar-refractivity contribution in [2.45, 2.75) is 18.9 Å². The first-order chi connectivity index (χ1) is 17.0. The minimum atomic E-state index is -1.42. The number of benzene rings is 2. The van der Waals surface area contributed by atoms with Crippen LogP contribution in [0, 0.1) is 0 Å². The summed E-state index contributed by atoms with van der Waals surface area (Å²) in [7, 11) is 0. The molecule has 0 aromatic heterocycles. The third kappa shape index (κ3) is 7.20. The zero-order chi connectivity index (χ0) is 26.4. The van der Waals surface area contributed by atoms with E-state index in [1.165, 1.54) is 18.2 Å². The van der Waals surface area contributed by atoms with Gasteiger partial charge in [-0.05, 0) is 55.0 Å². The zero-order valence-electron chi connectivity index (χ0n) is 18.3. The Morgan fingerprint density at radius 1 is 1.11 bits per heavy atom. The van der Waals surface area contributed by atoms with Gasteiger partial charge in [-0.15, -0.1) is 0 Å². The molecule has 2 amide bonds. The highest BCUT2D eigenvalue weighted by molar-refractivity contribution is 8.26. The minimum absolute atomic E-state index is 0.0177. The summed E-state index contributed by atoms with van der Waals surface area (Å²) < 4.78 is 5.61. The fourth-order valence-corrected chi connectivity index (χ4v) is 4.80. The van der Waals surface area contributed by atoms with E-state index in [2.05, 4.69) is 5.32 Å². The van der Waals surface area contributed by atoms with Gasteiger partial charge in [-0.2, -0.15) is 0 Å². The molecule has 3 N–H and O–H groups in total. The van der Waals surface area contributed by atoms with Crippen LogP contribution in [0.3, 0.4) is 0 Å². The molecular formula is C23H18Cl2N2O7S2.